The molecule has 30 heavy (non-hydrogen) atoms. The maximum Gasteiger partial charge on any atom is 0.241 e. The van der Waals surface area contributed by atoms with Gasteiger partial charge >= 0.3 is 0 Å². The molecule has 0 bridgehead atoms. The Kier molecular flexibility index (Phi) is 7.72. The Hall–Kier alpha value is -2.74. The molecule has 1 amide bonds. The van der Waals surface area contributed by atoms with E-state index in [1.165, 1.54) is 0 Å². The highest BCUT2D eigenvalue weighted by molar-refractivity contribution is 7.92. The number of hydrogen-bond acceptors (Lipinski definition) is 5. The fourth-order valence-electron chi connectivity index (χ4n) is 3.25. The van der Waals surface area contributed by atoms with Crippen LogP contribution in [0.2, 0.25) is 0 Å². The van der Waals surface area contributed by atoms with Gasteiger partial charge in [0.15, 0.2) is 11.5 Å². The van der Waals surface area contributed by atoms with Gasteiger partial charge in [-0.3, -0.25) is 9.10 Å². The molecule has 164 valence electrons. The Balaban J connectivity index is 2.27. The van der Waals surface area contributed by atoms with Gasteiger partial charge in [-0.1, -0.05) is 25.1 Å². The number of anilines is 1. The summed E-state index contributed by atoms with van der Waals surface area (Å²) >= 11 is 0. The number of nitrogens with one attached hydrogen (secondary N) is 1. The van der Waals surface area contributed by atoms with Crippen LogP contribution in [0.15, 0.2) is 36.4 Å². The lowest BCUT2D eigenvalue weighted by molar-refractivity contribution is -0.120. The van der Waals surface area contributed by atoms with E-state index in [9.17, 15) is 13.2 Å². The second-order valence-corrected chi connectivity index (χ2v) is 9.04. The Bertz CT molecular complexity index is 1000. The van der Waals surface area contributed by atoms with Gasteiger partial charge in [0.1, 0.15) is 6.54 Å². The van der Waals surface area contributed by atoms with Crippen molar-refractivity contribution in [1.82, 2.24) is 5.32 Å². The molecule has 0 spiro atoms. The minimum atomic E-state index is -3.64. The van der Waals surface area contributed by atoms with Crippen LogP contribution < -0.4 is 19.1 Å². The van der Waals surface area contributed by atoms with Gasteiger partial charge in [-0.05, 0) is 55.2 Å². The minimum Gasteiger partial charge on any atom is -0.493 e. The summed E-state index contributed by atoms with van der Waals surface area (Å²) in [6.07, 6.45) is 1.73. The first-order valence-corrected chi connectivity index (χ1v) is 11.5. The van der Waals surface area contributed by atoms with Crippen LogP contribution in [0, 0.1) is 13.8 Å². The first-order chi connectivity index (χ1) is 14.1. The van der Waals surface area contributed by atoms with E-state index in [2.05, 4.69) is 5.32 Å². The predicted molar refractivity (Wildman–Crippen MR) is 119 cm³/mol. The SMILES string of the molecule is CC[C@@H](NC(=O)CN(c1cccc(C)c1C)S(C)(=O)=O)c1ccc(OC)c(OC)c1. The van der Waals surface area contributed by atoms with E-state index < -0.39 is 10.0 Å². The minimum absolute atomic E-state index is 0.294. The second kappa shape index (κ2) is 9.84. The number of sulfonamides is 1. The number of amides is 1. The lowest BCUT2D eigenvalue weighted by Gasteiger charge is -2.26. The maximum atomic E-state index is 12.8. The lowest BCUT2D eigenvalue weighted by Crippen LogP contribution is -2.41. The third-order valence-electron chi connectivity index (χ3n) is 5.09. The molecule has 1 atom stereocenters. The molecule has 0 unspecified atom stereocenters. The molecule has 0 aromatic heterocycles. The number of aryl methyl sites for hydroxylation is 1. The zero-order valence-electron chi connectivity index (χ0n) is 18.4. The molecule has 0 aliphatic rings. The molecule has 2 rings (SSSR count). The Morgan fingerprint density at radius 3 is 2.33 bits per heavy atom. The molecule has 0 fully saturated rings. The van der Waals surface area contributed by atoms with Crippen molar-refractivity contribution in [3.8, 4) is 11.5 Å². The van der Waals surface area contributed by atoms with E-state index in [4.69, 9.17) is 9.47 Å². The normalized spacial score (nSPS) is 12.2. The Morgan fingerprint density at radius 1 is 1.10 bits per heavy atom. The molecule has 2 aromatic carbocycles. The molecular weight excluding hydrogens is 404 g/mol. The summed E-state index contributed by atoms with van der Waals surface area (Å²) in [5.41, 5.74) is 3.13. The molecule has 7 nitrogen and oxygen atoms in total. The number of ether oxygens (including phenoxy) is 2. The molecule has 0 saturated carbocycles. The summed E-state index contributed by atoms with van der Waals surface area (Å²) in [4.78, 5) is 12.8. The molecule has 1 N–H and O–H groups in total. The van der Waals surface area contributed by atoms with Gasteiger partial charge in [-0.25, -0.2) is 8.42 Å². The van der Waals surface area contributed by atoms with Gasteiger partial charge < -0.3 is 14.8 Å². The fraction of sp³-hybridized carbons (Fsp3) is 0.409. The smallest absolute Gasteiger partial charge is 0.241 e. The van der Waals surface area contributed by atoms with E-state index in [0.29, 0.717) is 23.6 Å². The van der Waals surface area contributed by atoms with Crippen LogP contribution >= 0.6 is 0 Å². The van der Waals surface area contributed by atoms with Gasteiger partial charge in [-0.15, -0.1) is 0 Å². The molecule has 0 saturated heterocycles. The zero-order valence-corrected chi connectivity index (χ0v) is 19.2. The number of rotatable bonds is 9. The van der Waals surface area contributed by atoms with Crippen LogP contribution in [-0.4, -0.2) is 41.3 Å². The number of methoxy groups -OCH3 is 2. The van der Waals surface area contributed by atoms with Gasteiger partial charge in [0, 0.05) is 0 Å². The second-order valence-electron chi connectivity index (χ2n) is 7.13. The van der Waals surface area contributed by atoms with Crippen LogP contribution in [0.1, 0.15) is 36.1 Å². The van der Waals surface area contributed by atoms with Gasteiger partial charge in [-0.2, -0.15) is 0 Å². The highest BCUT2D eigenvalue weighted by Crippen LogP contribution is 2.31. The third kappa shape index (κ3) is 5.44. The number of hydrogen-bond donors (Lipinski definition) is 1. The van der Waals surface area contributed by atoms with Crippen LogP contribution in [0.3, 0.4) is 0 Å². The maximum absolute atomic E-state index is 12.8. The van der Waals surface area contributed by atoms with Crippen molar-refractivity contribution in [3.05, 3.63) is 53.1 Å². The zero-order chi connectivity index (χ0) is 22.5. The largest absolute Gasteiger partial charge is 0.493 e. The highest BCUT2D eigenvalue weighted by Gasteiger charge is 2.24. The van der Waals surface area contributed by atoms with Gasteiger partial charge in [0.25, 0.3) is 0 Å². The quantitative estimate of drug-likeness (QED) is 0.654. The molecular formula is C22H30N2O5S. The van der Waals surface area contributed by atoms with Crippen LogP contribution in [0.4, 0.5) is 5.69 Å². The Labute approximate surface area is 179 Å². The number of nitrogens with zero attached hydrogens (tertiary/aromatic N) is 1. The van der Waals surface area contributed by atoms with Crippen molar-refractivity contribution in [2.75, 3.05) is 31.3 Å². The van der Waals surface area contributed by atoms with E-state index in [1.54, 1.807) is 32.4 Å². The first-order valence-electron chi connectivity index (χ1n) is 9.67. The summed E-state index contributed by atoms with van der Waals surface area (Å²) < 4.78 is 36.6. The van der Waals surface area contributed by atoms with E-state index >= 15 is 0 Å². The molecule has 0 aliphatic heterocycles. The molecule has 0 radical (unpaired) electrons. The number of carbonyl (C=O) groups is 1. The standard InChI is InChI=1S/C22H30N2O5S/c1-7-18(17-11-12-20(28-4)21(13-17)29-5)23-22(25)14-24(30(6,26)27)19-10-8-9-15(2)16(19)3/h8-13,18H,7,14H2,1-6H3,(H,23,25)/t18-/m1/s1. The summed E-state index contributed by atoms with van der Waals surface area (Å²) in [6.45, 7) is 5.40. The van der Waals surface area contributed by atoms with E-state index in [1.807, 2.05) is 39.0 Å². The van der Waals surface area contributed by atoms with Crippen molar-refractivity contribution >= 4 is 21.6 Å². The summed E-state index contributed by atoms with van der Waals surface area (Å²) in [7, 11) is -0.533. The van der Waals surface area contributed by atoms with Crippen LogP contribution in [0.5, 0.6) is 11.5 Å². The van der Waals surface area contributed by atoms with Crippen molar-refractivity contribution < 1.29 is 22.7 Å². The number of carbonyl (C=O) groups excluding carboxylic acids is 1. The third-order valence-corrected chi connectivity index (χ3v) is 6.21. The highest BCUT2D eigenvalue weighted by atomic mass is 32.2. The molecule has 0 aliphatic carbocycles. The summed E-state index contributed by atoms with van der Waals surface area (Å²) in [5.74, 6) is 0.777. The monoisotopic (exact) mass is 434 g/mol. The van der Waals surface area contributed by atoms with E-state index in [-0.39, 0.29) is 18.5 Å². The average molecular weight is 435 g/mol. The van der Waals surface area contributed by atoms with Crippen molar-refractivity contribution in [2.24, 2.45) is 0 Å². The van der Waals surface area contributed by atoms with Gasteiger partial charge in [0.2, 0.25) is 15.9 Å². The molecule has 0 heterocycles. The fourth-order valence-corrected chi connectivity index (χ4v) is 4.15. The Morgan fingerprint density at radius 2 is 1.77 bits per heavy atom. The van der Waals surface area contributed by atoms with Crippen molar-refractivity contribution in [2.45, 2.75) is 33.2 Å². The average Bonchev–Trinajstić information content (AvgIpc) is 2.71. The lowest BCUT2D eigenvalue weighted by atomic mass is 10.0. The van der Waals surface area contributed by atoms with Crippen LogP contribution in [0.25, 0.3) is 0 Å². The number of benzene rings is 2. The van der Waals surface area contributed by atoms with Crippen LogP contribution in [-0.2, 0) is 14.8 Å². The van der Waals surface area contributed by atoms with E-state index in [0.717, 1.165) is 27.3 Å². The summed E-state index contributed by atoms with van der Waals surface area (Å²) in [6, 6.07) is 10.6. The van der Waals surface area contributed by atoms with Crippen molar-refractivity contribution in [3.63, 3.8) is 0 Å². The van der Waals surface area contributed by atoms with Crippen molar-refractivity contribution in [1.29, 1.82) is 0 Å². The summed E-state index contributed by atoms with van der Waals surface area (Å²) in [5, 5.41) is 2.94. The molecule has 8 heteroatoms. The predicted octanol–water partition coefficient (Wildman–Crippen LogP) is 3.35. The first kappa shape index (κ1) is 23.5. The van der Waals surface area contributed by atoms with Gasteiger partial charge in [0.05, 0.1) is 32.2 Å². The molecule has 2 aromatic rings. The topological polar surface area (TPSA) is 84.9 Å².